The van der Waals surface area contributed by atoms with Gasteiger partial charge in [0.15, 0.2) is 4.77 Å². The number of thioether (sulfide) groups is 1. The molecule has 1 heterocycles. The van der Waals surface area contributed by atoms with Gasteiger partial charge >= 0.3 is 0 Å². The molecule has 90 valence electrons. The highest BCUT2D eigenvalue weighted by molar-refractivity contribution is 7.98. The van der Waals surface area contributed by atoms with Gasteiger partial charge in [-0.1, -0.05) is 18.2 Å². The lowest BCUT2D eigenvalue weighted by atomic mass is 10.4. The standard InChI is InChI=1S/C12H15N3S2/c1-9(2)15-11(13-14-12(15)16)8-17-10-6-4-3-5-7-10/h3-7,9H,8H2,1-2H3,(H,14,16). The zero-order valence-electron chi connectivity index (χ0n) is 9.88. The summed E-state index contributed by atoms with van der Waals surface area (Å²) in [6.45, 7) is 4.23. The summed E-state index contributed by atoms with van der Waals surface area (Å²) < 4.78 is 2.76. The molecule has 5 heteroatoms. The first-order chi connectivity index (χ1) is 8.18. The number of nitrogens with one attached hydrogen (secondary N) is 1. The van der Waals surface area contributed by atoms with Gasteiger partial charge in [0.05, 0.1) is 5.75 Å². The quantitative estimate of drug-likeness (QED) is 0.674. The summed E-state index contributed by atoms with van der Waals surface area (Å²) in [6.07, 6.45) is 0. The molecule has 3 nitrogen and oxygen atoms in total. The van der Waals surface area contributed by atoms with Gasteiger partial charge in [-0.3, -0.25) is 5.10 Å². The Bertz CT molecular complexity index is 528. The number of aromatic nitrogens is 3. The highest BCUT2D eigenvalue weighted by Gasteiger charge is 2.09. The second-order valence-corrected chi connectivity index (χ2v) is 5.45. The van der Waals surface area contributed by atoms with Crippen molar-refractivity contribution < 1.29 is 0 Å². The Hall–Kier alpha value is -1.07. The van der Waals surface area contributed by atoms with Crippen LogP contribution in [0, 0.1) is 4.77 Å². The molecule has 1 N–H and O–H groups in total. The van der Waals surface area contributed by atoms with Crippen LogP contribution in [0.25, 0.3) is 0 Å². The van der Waals surface area contributed by atoms with Crippen molar-refractivity contribution in [2.24, 2.45) is 0 Å². The second kappa shape index (κ2) is 5.51. The first-order valence-electron chi connectivity index (χ1n) is 5.52. The van der Waals surface area contributed by atoms with Gasteiger partial charge in [-0.05, 0) is 38.2 Å². The average Bonchev–Trinajstić information content (AvgIpc) is 2.69. The molecule has 0 aliphatic rings. The van der Waals surface area contributed by atoms with E-state index in [4.69, 9.17) is 12.2 Å². The molecule has 2 aromatic rings. The van der Waals surface area contributed by atoms with E-state index in [9.17, 15) is 0 Å². The van der Waals surface area contributed by atoms with E-state index in [2.05, 4.69) is 40.7 Å². The van der Waals surface area contributed by atoms with Crippen molar-refractivity contribution in [3.63, 3.8) is 0 Å². The van der Waals surface area contributed by atoms with Crippen LogP contribution in [0.5, 0.6) is 0 Å². The largest absolute Gasteiger partial charge is 0.301 e. The molecule has 2 rings (SSSR count). The average molecular weight is 265 g/mol. The van der Waals surface area contributed by atoms with Crippen LogP contribution in [0.2, 0.25) is 0 Å². The van der Waals surface area contributed by atoms with Crippen LogP contribution in [0.3, 0.4) is 0 Å². The third kappa shape index (κ3) is 2.98. The minimum Gasteiger partial charge on any atom is -0.301 e. The molecule has 0 radical (unpaired) electrons. The van der Waals surface area contributed by atoms with Crippen molar-refractivity contribution >= 4 is 24.0 Å². The summed E-state index contributed by atoms with van der Waals surface area (Å²) in [5.41, 5.74) is 0. The summed E-state index contributed by atoms with van der Waals surface area (Å²) in [7, 11) is 0. The molecule has 0 unspecified atom stereocenters. The summed E-state index contributed by atoms with van der Waals surface area (Å²) in [6, 6.07) is 10.7. The Labute approximate surface area is 110 Å². The van der Waals surface area contributed by atoms with Crippen molar-refractivity contribution in [2.45, 2.75) is 30.5 Å². The number of nitrogens with zero attached hydrogens (tertiary/aromatic N) is 2. The van der Waals surface area contributed by atoms with E-state index in [-0.39, 0.29) is 0 Å². The zero-order valence-corrected chi connectivity index (χ0v) is 11.5. The molecule has 0 amide bonds. The van der Waals surface area contributed by atoms with Crippen molar-refractivity contribution in [1.29, 1.82) is 0 Å². The van der Waals surface area contributed by atoms with Crippen LogP contribution in [0.1, 0.15) is 25.7 Å². The van der Waals surface area contributed by atoms with Crippen molar-refractivity contribution in [3.05, 3.63) is 40.9 Å². The molecule has 1 aromatic carbocycles. The fraction of sp³-hybridized carbons (Fsp3) is 0.333. The predicted molar refractivity (Wildman–Crippen MR) is 73.8 cm³/mol. The van der Waals surface area contributed by atoms with Gasteiger partial charge in [0.25, 0.3) is 0 Å². The monoisotopic (exact) mass is 265 g/mol. The van der Waals surface area contributed by atoms with E-state index in [0.29, 0.717) is 10.8 Å². The summed E-state index contributed by atoms with van der Waals surface area (Å²) in [5.74, 6) is 1.83. The minimum absolute atomic E-state index is 0.340. The topological polar surface area (TPSA) is 33.6 Å². The van der Waals surface area contributed by atoms with Gasteiger partial charge in [-0.25, -0.2) is 0 Å². The number of benzene rings is 1. The van der Waals surface area contributed by atoms with Crippen LogP contribution < -0.4 is 0 Å². The Morgan fingerprint density at radius 1 is 1.35 bits per heavy atom. The summed E-state index contributed by atoms with van der Waals surface area (Å²) >= 11 is 6.98. The summed E-state index contributed by atoms with van der Waals surface area (Å²) in [5, 5.41) is 7.13. The molecule has 0 fully saturated rings. The first kappa shape index (κ1) is 12.4. The number of hydrogen-bond acceptors (Lipinski definition) is 3. The summed E-state index contributed by atoms with van der Waals surface area (Å²) in [4.78, 5) is 1.25. The lowest BCUT2D eigenvalue weighted by Gasteiger charge is -2.09. The van der Waals surface area contributed by atoms with E-state index in [1.165, 1.54) is 4.90 Å². The van der Waals surface area contributed by atoms with E-state index in [1.54, 1.807) is 11.8 Å². The van der Waals surface area contributed by atoms with Crippen LogP contribution in [-0.4, -0.2) is 14.8 Å². The van der Waals surface area contributed by atoms with E-state index in [0.717, 1.165) is 11.6 Å². The van der Waals surface area contributed by atoms with Crippen LogP contribution >= 0.6 is 24.0 Å². The van der Waals surface area contributed by atoms with E-state index in [1.807, 2.05) is 18.2 Å². The maximum absolute atomic E-state index is 5.22. The SMILES string of the molecule is CC(C)n1c(CSc2ccccc2)n[nH]c1=S. The highest BCUT2D eigenvalue weighted by Crippen LogP contribution is 2.22. The Morgan fingerprint density at radius 2 is 2.06 bits per heavy atom. The maximum Gasteiger partial charge on any atom is 0.195 e. The fourth-order valence-electron chi connectivity index (χ4n) is 1.64. The van der Waals surface area contributed by atoms with Crippen LogP contribution in [-0.2, 0) is 5.75 Å². The van der Waals surface area contributed by atoms with Gasteiger partial charge in [0.2, 0.25) is 0 Å². The van der Waals surface area contributed by atoms with Crippen LogP contribution in [0.15, 0.2) is 35.2 Å². The Kier molecular flexibility index (Phi) is 4.02. The molecule has 1 aromatic heterocycles. The lowest BCUT2D eigenvalue weighted by molar-refractivity contribution is 0.573. The van der Waals surface area contributed by atoms with Gasteiger partial charge in [0, 0.05) is 10.9 Å². The fourth-order valence-corrected chi connectivity index (χ4v) is 2.85. The normalized spacial score (nSPS) is 11.0. The van der Waals surface area contributed by atoms with E-state index < -0.39 is 0 Å². The van der Waals surface area contributed by atoms with Crippen molar-refractivity contribution in [3.8, 4) is 0 Å². The molecule has 0 saturated carbocycles. The number of rotatable bonds is 4. The molecule has 0 aliphatic heterocycles. The number of aromatic amines is 1. The predicted octanol–water partition coefficient (Wildman–Crippen LogP) is 3.81. The van der Waals surface area contributed by atoms with Gasteiger partial charge in [0.1, 0.15) is 5.82 Å². The molecule has 0 spiro atoms. The smallest absolute Gasteiger partial charge is 0.195 e. The zero-order chi connectivity index (χ0) is 12.3. The highest BCUT2D eigenvalue weighted by atomic mass is 32.2. The molecular weight excluding hydrogens is 250 g/mol. The Balaban J connectivity index is 2.12. The molecule has 0 atom stereocenters. The second-order valence-electron chi connectivity index (χ2n) is 4.01. The molecule has 0 saturated heterocycles. The van der Waals surface area contributed by atoms with Crippen molar-refractivity contribution in [2.75, 3.05) is 0 Å². The van der Waals surface area contributed by atoms with Gasteiger partial charge < -0.3 is 4.57 Å². The Morgan fingerprint density at radius 3 is 2.71 bits per heavy atom. The molecule has 0 bridgehead atoms. The maximum atomic E-state index is 5.22. The molecule has 17 heavy (non-hydrogen) atoms. The van der Waals surface area contributed by atoms with Gasteiger partial charge in [-0.15, -0.1) is 11.8 Å². The minimum atomic E-state index is 0.340. The third-order valence-electron chi connectivity index (χ3n) is 2.41. The van der Waals surface area contributed by atoms with E-state index >= 15 is 0 Å². The molecular formula is C12H15N3S2. The van der Waals surface area contributed by atoms with Crippen molar-refractivity contribution in [1.82, 2.24) is 14.8 Å². The lowest BCUT2D eigenvalue weighted by Crippen LogP contribution is -2.05. The molecule has 0 aliphatic carbocycles. The number of H-pyrrole nitrogens is 1. The first-order valence-corrected chi connectivity index (χ1v) is 6.91. The third-order valence-corrected chi connectivity index (χ3v) is 3.70. The van der Waals surface area contributed by atoms with Crippen LogP contribution in [0.4, 0.5) is 0 Å². The number of hydrogen-bond donors (Lipinski definition) is 1. The van der Waals surface area contributed by atoms with Gasteiger partial charge in [-0.2, -0.15) is 5.10 Å².